The summed E-state index contributed by atoms with van der Waals surface area (Å²) in [6.07, 6.45) is 0. The molecule has 0 aliphatic rings. The molecule has 0 unspecified atom stereocenters. The lowest BCUT2D eigenvalue weighted by Gasteiger charge is -2.08. The average molecular weight is 219 g/mol. The van der Waals surface area contributed by atoms with Gasteiger partial charge in [-0.3, -0.25) is 0 Å². The molecule has 16 heavy (non-hydrogen) atoms. The molecular formula is C11H13N3O2. The van der Waals surface area contributed by atoms with Gasteiger partial charge in [0, 0.05) is 10.9 Å². The second-order valence-corrected chi connectivity index (χ2v) is 3.36. The van der Waals surface area contributed by atoms with Crippen LogP contribution in [-0.2, 0) is 6.61 Å². The molecule has 0 aliphatic carbocycles. The number of nitrogens with one attached hydrogen (secondary N) is 1. The highest BCUT2D eigenvalue weighted by Gasteiger charge is 2.05. The first kappa shape index (κ1) is 10.7. The zero-order chi connectivity index (χ0) is 11.5. The van der Waals surface area contributed by atoms with Crippen molar-refractivity contribution < 1.29 is 9.84 Å². The third-order valence-electron chi connectivity index (χ3n) is 2.41. The summed E-state index contributed by atoms with van der Waals surface area (Å²) >= 11 is 0. The van der Waals surface area contributed by atoms with Gasteiger partial charge >= 0.3 is 0 Å². The van der Waals surface area contributed by atoms with Gasteiger partial charge in [-0.15, -0.1) is 0 Å². The summed E-state index contributed by atoms with van der Waals surface area (Å²) in [5.74, 6) is 6.57. The molecule has 0 fully saturated rings. The molecule has 1 aromatic heterocycles. The summed E-state index contributed by atoms with van der Waals surface area (Å²) in [5, 5.41) is 10.1. The fourth-order valence-electron chi connectivity index (χ4n) is 1.57. The summed E-state index contributed by atoms with van der Waals surface area (Å²) < 4.78 is 5.12. The maximum absolute atomic E-state index is 9.17. The number of methoxy groups -OCH3 is 1. The molecule has 0 saturated heterocycles. The molecular weight excluding hydrogens is 206 g/mol. The predicted molar refractivity (Wildman–Crippen MR) is 62.0 cm³/mol. The zero-order valence-corrected chi connectivity index (χ0v) is 8.90. The molecule has 84 valence electrons. The molecule has 0 aliphatic heterocycles. The summed E-state index contributed by atoms with van der Waals surface area (Å²) in [5.41, 5.74) is 3.92. The second-order valence-electron chi connectivity index (χ2n) is 3.36. The molecule has 5 nitrogen and oxygen atoms in total. The molecule has 4 N–H and O–H groups in total. The fourth-order valence-corrected chi connectivity index (χ4v) is 1.57. The number of anilines is 1. The third kappa shape index (κ3) is 1.78. The minimum atomic E-state index is -0.111. The Balaban J connectivity index is 2.63. The van der Waals surface area contributed by atoms with Crippen LogP contribution in [0.4, 0.5) is 5.82 Å². The van der Waals surface area contributed by atoms with E-state index in [0.717, 1.165) is 16.7 Å². The highest BCUT2D eigenvalue weighted by molar-refractivity contribution is 5.83. The Morgan fingerprint density at radius 1 is 1.44 bits per heavy atom. The van der Waals surface area contributed by atoms with Crippen LogP contribution in [-0.4, -0.2) is 17.2 Å². The number of aromatic nitrogens is 1. The number of pyridine rings is 1. The lowest BCUT2D eigenvalue weighted by Crippen LogP contribution is -2.11. The minimum Gasteiger partial charge on any atom is -0.497 e. The summed E-state index contributed by atoms with van der Waals surface area (Å²) in [4.78, 5) is 4.29. The zero-order valence-electron chi connectivity index (χ0n) is 8.90. The van der Waals surface area contributed by atoms with Crippen LogP contribution in [0, 0.1) is 0 Å². The average Bonchev–Trinajstić information content (AvgIpc) is 2.36. The van der Waals surface area contributed by atoms with E-state index in [2.05, 4.69) is 10.4 Å². The van der Waals surface area contributed by atoms with Crippen molar-refractivity contribution >= 4 is 16.7 Å². The first-order chi connectivity index (χ1) is 7.78. The second kappa shape index (κ2) is 4.34. The topological polar surface area (TPSA) is 80.4 Å². The fraction of sp³-hybridized carbons (Fsp3) is 0.182. The summed E-state index contributed by atoms with van der Waals surface area (Å²) in [7, 11) is 1.61. The number of nitrogens with zero attached hydrogens (tertiary/aromatic N) is 1. The molecule has 0 amide bonds. The molecule has 0 atom stereocenters. The molecule has 1 heterocycles. The first-order valence-electron chi connectivity index (χ1n) is 4.83. The predicted octanol–water partition coefficient (Wildman–Crippen LogP) is 1.02. The van der Waals surface area contributed by atoms with E-state index in [1.54, 1.807) is 7.11 Å². The highest BCUT2D eigenvalue weighted by atomic mass is 16.5. The van der Waals surface area contributed by atoms with Gasteiger partial charge < -0.3 is 15.3 Å². The Bertz CT molecular complexity index is 514. The molecule has 0 spiro atoms. The molecule has 2 rings (SSSR count). The van der Waals surface area contributed by atoms with E-state index in [0.29, 0.717) is 11.4 Å². The Hall–Kier alpha value is -1.85. The number of hydrazine groups is 1. The van der Waals surface area contributed by atoms with Crippen molar-refractivity contribution in [3.05, 3.63) is 29.8 Å². The van der Waals surface area contributed by atoms with E-state index in [1.807, 2.05) is 24.3 Å². The number of fused-ring (bicyclic) bond motifs is 1. The number of aliphatic hydroxyl groups excluding tert-OH is 1. The third-order valence-corrected chi connectivity index (χ3v) is 2.41. The smallest absolute Gasteiger partial charge is 0.146 e. The lowest BCUT2D eigenvalue weighted by molar-refractivity contribution is 0.282. The van der Waals surface area contributed by atoms with Crippen LogP contribution in [0.1, 0.15) is 5.56 Å². The highest BCUT2D eigenvalue weighted by Crippen LogP contribution is 2.23. The monoisotopic (exact) mass is 219 g/mol. The number of benzene rings is 1. The van der Waals surface area contributed by atoms with Crippen molar-refractivity contribution in [1.29, 1.82) is 0 Å². The SMILES string of the molecule is COc1ccc2nc(NN)c(CO)cc2c1. The Morgan fingerprint density at radius 3 is 2.88 bits per heavy atom. The molecule has 5 heteroatoms. The molecule has 0 bridgehead atoms. The maximum Gasteiger partial charge on any atom is 0.146 e. The van der Waals surface area contributed by atoms with Crippen molar-refractivity contribution in [2.24, 2.45) is 5.84 Å². The number of nitrogens with two attached hydrogens (primary N) is 1. The normalized spacial score (nSPS) is 10.4. The van der Waals surface area contributed by atoms with Gasteiger partial charge in [0.05, 0.1) is 19.2 Å². The van der Waals surface area contributed by atoms with Crippen LogP contribution < -0.4 is 16.0 Å². The van der Waals surface area contributed by atoms with Crippen molar-refractivity contribution in [2.75, 3.05) is 12.5 Å². The minimum absolute atomic E-state index is 0.111. The van der Waals surface area contributed by atoms with Gasteiger partial charge in [0.2, 0.25) is 0 Å². The molecule has 2 aromatic rings. The van der Waals surface area contributed by atoms with Crippen molar-refractivity contribution in [3.8, 4) is 5.75 Å². The number of hydrogen-bond acceptors (Lipinski definition) is 5. The largest absolute Gasteiger partial charge is 0.497 e. The number of hydrogen-bond donors (Lipinski definition) is 3. The first-order valence-corrected chi connectivity index (χ1v) is 4.83. The Kier molecular flexibility index (Phi) is 2.89. The molecule has 1 aromatic carbocycles. The molecule has 0 saturated carbocycles. The van der Waals surface area contributed by atoms with Crippen LogP contribution >= 0.6 is 0 Å². The van der Waals surface area contributed by atoms with Gasteiger partial charge in [-0.05, 0) is 24.3 Å². The van der Waals surface area contributed by atoms with Gasteiger partial charge in [0.1, 0.15) is 11.6 Å². The number of rotatable bonds is 3. The maximum atomic E-state index is 9.17. The van der Waals surface area contributed by atoms with Crippen LogP contribution in [0.2, 0.25) is 0 Å². The van der Waals surface area contributed by atoms with Crippen molar-refractivity contribution in [3.63, 3.8) is 0 Å². The standard InChI is InChI=1S/C11H13N3O2/c1-16-9-2-3-10-7(5-9)4-8(6-15)11(13-10)14-12/h2-5,15H,6,12H2,1H3,(H,13,14). The van der Waals surface area contributed by atoms with E-state index >= 15 is 0 Å². The lowest BCUT2D eigenvalue weighted by atomic mass is 10.1. The van der Waals surface area contributed by atoms with Crippen molar-refractivity contribution in [1.82, 2.24) is 4.98 Å². The van der Waals surface area contributed by atoms with Crippen molar-refractivity contribution in [2.45, 2.75) is 6.61 Å². The van der Waals surface area contributed by atoms with E-state index < -0.39 is 0 Å². The quantitative estimate of drug-likeness (QED) is 0.530. The number of ether oxygens (including phenoxy) is 1. The van der Waals surface area contributed by atoms with E-state index in [1.165, 1.54) is 0 Å². The number of aliphatic hydroxyl groups is 1. The van der Waals surface area contributed by atoms with E-state index in [9.17, 15) is 0 Å². The summed E-state index contributed by atoms with van der Waals surface area (Å²) in [6.45, 7) is -0.111. The van der Waals surface area contributed by atoms with Gasteiger partial charge in [-0.1, -0.05) is 0 Å². The Labute approximate surface area is 92.8 Å². The molecule has 0 radical (unpaired) electrons. The van der Waals surface area contributed by atoms with Gasteiger partial charge in [-0.25, -0.2) is 10.8 Å². The van der Waals surface area contributed by atoms with Crippen LogP contribution in [0.5, 0.6) is 5.75 Å². The summed E-state index contributed by atoms with van der Waals surface area (Å²) in [6, 6.07) is 7.37. The van der Waals surface area contributed by atoms with Crippen LogP contribution in [0.25, 0.3) is 10.9 Å². The van der Waals surface area contributed by atoms with Gasteiger partial charge in [0.15, 0.2) is 0 Å². The van der Waals surface area contributed by atoms with E-state index in [4.69, 9.17) is 15.7 Å². The van der Waals surface area contributed by atoms with Crippen LogP contribution in [0.15, 0.2) is 24.3 Å². The van der Waals surface area contributed by atoms with Gasteiger partial charge in [0.25, 0.3) is 0 Å². The van der Waals surface area contributed by atoms with Crippen LogP contribution in [0.3, 0.4) is 0 Å². The van der Waals surface area contributed by atoms with E-state index in [-0.39, 0.29) is 6.61 Å². The number of nitrogen functional groups attached to an aromatic ring is 1. The Morgan fingerprint density at radius 2 is 2.25 bits per heavy atom. The van der Waals surface area contributed by atoms with Gasteiger partial charge in [-0.2, -0.15) is 0 Å².